The molecule has 2 aromatic rings. The molecule has 0 spiro atoms. The number of hydrogen-bond acceptors (Lipinski definition) is 4. The minimum Gasteiger partial charge on any atom is -0.494 e. The average Bonchev–Trinajstić information content (AvgIpc) is 2.90. The van der Waals surface area contributed by atoms with Crippen LogP contribution in [0.2, 0.25) is 10.0 Å². The van der Waals surface area contributed by atoms with Crippen molar-refractivity contribution in [1.29, 1.82) is 0 Å². The van der Waals surface area contributed by atoms with Crippen molar-refractivity contribution in [3.8, 4) is 5.75 Å². The van der Waals surface area contributed by atoms with Crippen LogP contribution < -0.4 is 9.64 Å². The fourth-order valence-electron chi connectivity index (χ4n) is 2.35. The lowest BCUT2D eigenvalue weighted by atomic mass is 10.2. The highest BCUT2D eigenvalue weighted by molar-refractivity contribution is 8.27. The van der Waals surface area contributed by atoms with Crippen molar-refractivity contribution < 1.29 is 9.53 Å². The van der Waals surface area contributed by atoms with Gasteiger partial charge in [0.1, 0.15) is 5.75 Å². The summed E-state index contributed by atoms with van der Waals surface area (Å²) in [6, 6.07) is 12.6. The van der Waals surface area contributed by atoms with Crippen LogP contribution in [-0.4, -0.2) is 16.8 Å². The summed E-state index contributed by atoms with van der Waals surface area (Å²) in [6.45, 7) is 2.74. The number of amides is 1. The van der Waals surface area contributed by atoms with Crippen molar-refractivity contribution >= 4 is 69.2 Å². The molecular formula is C19H15Cl2NO2S2. The van der Waals surface area contributed by atoms with Crippen LogP contribution in [0.15, 0.2) is 47.4 Å². The molecule has 0 N–H and O–H groups in total. The number of carbonyl (C=O) groups is 1. The summed E-state index contributed by atoms with van der Waals surface area (Å²) < 4.78 is 6.03. The Morgan fingerprint density at radius 2 is 1.88 bits per heavy atom. The van der Waals surface area contributed by atoms with E-state index in [0.29, 0.717) is 31.6 Å². The number of nitrogens with zero attached hydrogens (tertiary/aromatic N) is 1. The highest BCUT2D eigenvalue weighted by Crippen LogP contribution is 2.38. The lowest BCUT2D eigenvalue weighted by Crippen LogP contribution is -2.27. The zero-order valence-electron chi connectivity index (χ0n) is 13.9. The summed E-state index contributed by atoms with van der Waals surface area (Å²) in [5, 5.41) is 0.812. The van der Waals surface area contributed by atoms with Crippen LogP contribution >= 0.6 is 47.2 Å². The summed E-state index contributed by atoms with van der Waals surface area (Å²) in [4.78, 5) is 14.8. The Morgan fingerprint density at radius 1 is 1.15 bits per heavy atom. The maximum absolute atomic E-state index is 12.8. The molecule has 0 aliphatic carbocycles. The van der Waals surface area contributed by atoms with Gasteiger partial charge in [-0.2, -0.15) is 0 Å². The summed E-state index contributed by atoms with van der Waals surface area (Å²) in [5.74, 6) is 0.636. The molecule has 134 valence electrons. The topological polar surface area (TPSA) is 29.5 Å². The summed E-state index contributed by atoms with van der Waals surface area (Å²) >= 11 is 18.6. The maximum atomic E-state index is 12.8. The fraction of sp³-hybridized carbons (Fsp3) is 0.158. The number of rotatable bonds is 5. The molecule has 2 aromatic carbocycles. The third-order valence-electron chi connectivity index (χ3n) is 3.61. The molecule has 0 radical (unpaired) electrons. The average molecular weight is 424 g/mol. The van der Waals surface area contributed by atoms with E-state index in [0.717, 1.165) is 17.7 Å². The Balaban J connectivity index is 1.81. The second kappa shape index (κ2) is 8.44. The smallest absolute Gasteiger partial charge is 0.270 e. The van der Waals surface area contributed by atoms with Gasteiger partial charge < -0.3 is 4.74 Å². The summed E-state index contributed by atoms with van der Waals surface area (Å²) in [7, 11) is 0. The highest BCUT2D eigenvalue weighted by atomic mass is 35.5. The molecule has 26 heavy (non-hydrogen) atoms. The van der Waals surface area contributed by atoms with E-state index in [1.807, 2.05) is 30.3 Å². The first-order chi connectivity index (χ1) is 12.5. The number of anilines is 1. The van der Waals surface area contributed by atoms with E-state index >= 15 is 0 Å². The second-order valence-corrected chi connectivity index (χ2v) is 8.02. The predicted molar refractivity (Wildman–Crippen MR) is 114 cm³/mol. The number of ether oxygens (including phenoxy) is 1. The van der Waals surface area contributed by atoms with Crippen LogP contribution in [-0.2, 0) is 4.79 Å². The molecule has 0 unspecified atom stereocenters. The number of halogens is 2. The van der Waals surface area contributed by atoms with Gasteiger partial charge in [-0.1, -0.05) is 66.2 Å². The van der Waals surface area contributed by atoms with E-state index in [1.54, 1.807) is 18.2 Å². The molecule has 1 aliphatic heterocycles. The molecule has 0 saturated carbocycles. The third kappa shape index (κ3) is 4.23. The molecule has 0 bridgehead atoms. The SMILES string of the molecule is CCCOc1ccc(/C=C2/SC(=S)N(c3ccc(Cl)c(Cl)c3)C2=O)cc1. The van der Waals surface area contributed by atoms with Crippen molar-refractivity contribution in [1.82, 2.24) is 0 Å². The Bertz CT molecular complexity index is 882. The monoisotopic (exact) mass is 423 g/mol. The standard InChI is InChI=1S/C19H15Cl2NO2S2/c1-2-9-24-14-6-3-12(4-7-14)10-17-18(23)22(19(25)26-17)13-5-8-15(20)16(21)11-13/h3-8,10-11H,2,9H2,1H3/b17-10+. The zero-order chi connectivity index (χ0) is 18.7. The van der Waals surface area contributed by atoms with Crippen molar-refractivity contribution in [2.24, 2.45) is 0 Å². The van der Waals surface area contributed by atoms with Crippen molar-refractivity contribution in [2.45, 2.75) is 13.3 Å². The van der Waals surface area contributed by atoms with Gasteiger partial charge >= 0.3 is 0 Å². The predicted octanol–water partition coefficient (Wildman–Crippen LogP) is 6.19. The van der Waals surface area contributed by atoms with Crippen molar-refractivity contribution in [3.05, 3.63) is 63.0 Å². The number of hydrogen-bond donors (Lipinski definition) is 0. The van der Waals surface area contributed by atoms with Gasteiger partial charge in [0.15, 0.2) is 4.32 Å². The Hall–Kier alpha value is -1.53. The summed E-state index contributed by atoms with van der Waals surface area (Å²) in [6.07, 6.45) is 2.78. The van der Waals surface area contributed by atoms with Gasteiger partial charge in [0, 0.05) is 0 Å². The van der Waals surface area contributed by atoms with Gasteiger partial charge in [-0.05, 0) is 48.4 Å². The molecule has 1 aliphatic rings. The summed E-state index contributed by atoms with van der Waals surface area (Å²) in [5.41, 5.74) is 1.51. The van der Waals surface area contributed by atoms with Gasteiger partial charge in [-0.3, -0.25) is 9.69 Å². The quantitative estimate of drug-likeness (QED) is 0.423. The second-order valence-electron chi connectivity index (χ2n) is 5.53. The van der Waals surface area contributed by atoms with Crippen LogP contribution in [0, 0.1) is 0 Å². The van der Waals surface area contributed by atoms with E-state index < -0.39 is 0 Å². The molecule has 0 aromatic heterocycles. The third-order valence-corrected chi connectivity index (χ3v) is 5.65. The van der Waals surface area contributed by atoms with Crippen LogP contribution in [0.1, 0.15) is 18.9 Å². The molecule has 3 nitrogen and oxygen atoms in total. The molecule has 1 amide bonds. The first-order valence-electron chi connectivity index (χ1n) is 7.95. The molecule has 0 atom stereocenters. The minimum atomic E-state index is -0.176. The Morgan fingerprint density at radius 3 is 2.54 bits per heavy atom. The van der Waals surface area contributed by atoms with Crippen LogP contribution in [0.3, 0.4) is 0 Å². The van der Waals surface area contributed by atoms with E-state index in [2.05, 4.69) is 6.92 Å². The van der Waals surface area contributed by atoms with Crippen LogP contribution in [0.4, 0.5) is 5.69 Å². The number of benzene rings is 2. The van der Waals surface area contributed by atoms with Gasteiger partial charge in [-0.15, -0.1) is 0 Å². The minimum absolute atomic E-state index is 0.176. The lowest BCUT2D eigenvalue weighted by molar-refractivity contribution is -0.113. The van der Waals surface area contributed by atoms with Crippen LogP contribution in [0.25, 0.3) is 6.08 Å². The van der Waals surface area contributed by atoms with Crippen LogP contribution in [0.5, 0.6) is 5.75 Å². The number of carbonyl (C=O) groups excluding carboxylic acids is 1. The van der Waals surface area contributed by atoms with Gasteiger partial charge in [0.25, 0.3) is 5.91 Å². The zero-order valence-corrected chi connectivity index (χ0v) is 17.0. The largest absolute Gasteiger partial charge is 0.494 e. The molecule has 3 rings (SSSR count). The van der Waals surface area contributed by atoms with E-state index in [4.69, 9.17) is 40.2 Å². The Kier molecular flexibility index (Phi) is 6.24. The molecule has 1 saturated heterocycles. The highest BCUT2D eigenvalue weighted by Gasteiger charge is 2.33. The van der Waals surface area contributed by atoms with Gasteiger partial charge in [0.05, 0.1) is 27.2 Å². The lowest BCUT2D eigenvalue weighted by Gasteiger charge is -2.15. The van der Waals surface area contributed by atoms with Crippen molar-refractivity contribution in [2.75, 3.05) is 11.5 Å². The molecular weight excluding hydrogens is 409 g/mol. The number of thiocarbonyl (C=S) groups is 1. The van der Waals surface area contributed by atoms with E-state index in [-0.39, 0.29) is 5.91 Å². The number of thioether (sulfide) groups is 1. The normalized spacial score (nSPS) is 15.8. The Labute approximate surface area is 171 Å². The first-order valence-corrected chi connectivity index (χ1v) is 9.93. The fourth-order valence-corrected chi connectivity index (χ4v) is 3.94. The maximum Gasteiger partial charge on any atom is 0.270 e. The van der Waals surface area contributed by atoms with E-state index in [9.17, 15) is 4.79 Å². The van der Waals surface area contributed by atoms with Gasteiger partial charge in [0.2, 0.25) is 0 Å². The van der Waals surface area contributed by atoms with Crippen molar-refractivity contribution in [3.63, 3.8) is 0 Å². The molecule has 1 fully saturated rings. The van der Waals surface area contributed by atoms with E-state index in [1.165, 1.54) is 16.7 Å². The first kappa shape index (κ1) is 19.2. The van der Waals surface area contributed by atoms with Gasteiger partial charge in [-0.25, -0.2) is 0 Å². The molecule has 1 heterocycles. The molecule has 7 heteroatoms.